The molecule has 0 N–H and O–H groups in total. The van der Waals surface area contributed by atoms with Gasteiger partial charge in [-0.05, 0) is 47.4 Å². The van der Waals surface area contributed by atoms with Crippen molar-refractivity contribution in [1.29, 1.82) is 0 Å². The summed E-state index contributed by atoms with van der Waals surface area (Å²) in [6.07, 6.45) is 0.996. The van der Waals surface area contributed by atoms with Gasteiger partial charge in [-0.25, -0.2) is 4.79 Å². The molecule has 3 nitrogen and oxygen atoms in total. The van der Waals surface area contributed by atoms with Gasteiger partial charge in [0.2, 0.25) is 0 Å². The second-order valence-corrected chi connectivity index (χ2v) is 9.65. The second-order valence-electron chi connectivity index (χ2n) is 8.57. The monoisotopic (exact) mass is 413 g/mol. The van der Waals surface area contributed by atoms with E-state index < -0.39 is 0 Å². The molecule has 30 heavy (non-hydrogen) atoms. The minimum atomic E-state index is -0.174. The summed E-state index contributed by atoms with van der Waals surface area (Å²) in [6.45, 7) is 1.99. The van der Waals surface area contributed by atoms with Crippen molar-refractivity contribution in [2.75, 3.05) is 13.1 Å². The Labute approximate surface area is 179 Å². The standard InChI is InChI=1S/C26H23NO2S/c28-26(29-16-17-6-2-1-3-7-17)27-14-19-12-22(23(19)15-27)18-10-11-21-20-8-4-5-9-24(20)30-25(21)13-18/h1-11,13,19,22-23H,12,14-16H2/t19-,22-,23+/m1/s1. The Balaban J connectivity index is 1.15. The molecule has 150 valence electrons. The summed E-state index contributed by atoms with van der Waals surface area (Å²) in [5.74, 6) is 1.72. The van der Waals surface area contributed by atoms with Gasteiger partial charge in [-0.2, -0.15) is 0 Å². The molecule has 0 spiro atoms. The number of fused-ring (bicyclic) bond motifs is 4. The van der Waals surface area contributed by atoms with Crippen LogP contribution < -0.4 is 0 Å². The molecule has 0 radical (unpaired) electrons. The average Bonchev–Trinajstić information content (AvgIpc) is 3.30. The molecular formula is C26H23NO2S. The first kappa shape index (κ1) is 18.0. The average molecular weight is 414 g/mol. The summed E-state index contributed by atoms with van der Waals surface area (Å²) in [4.78, 5) is 14.5. The summed E-state index contributed by atoms with van der Waals surface area (Å²) in [6, 6.07) is 25.5. The molecule has 4 heteroatoms. The van der Waals surface area contributed by atoms with Crippen LogP contribution in [-0.4, -0.2) is 24.1 Å². The van der Waals surface area contributed by atoms with Gasteiger partial charge in [-0.3, -0.25) is 0 Å². The van der Waals surface area contributed by atoms with Gasteiger partial charge in [0.15, 0.2) is 0 Å². The molecule has 2 fully saturated rings. The number of benzene rings is 3. The van der Waals surface area contributed by atoms with Gasteiger partial charge in [0.05, 0.1) is 0 Å². The van der Waals surface area contributed by atoms with Crippen molar-refractivity contribution in [1.82, 2.24) is 4.90 Å². The van der Waals surface area contributed by atoms with Gasteiger partial charge in [-0.15, -0.1) is 11.3 Å². The van der Waals surface area contributed by atoms with Crippen molar-refractivity contribution in [2.24, 2.45) is 11.8 Å². The van der Waals surface area contributed by atoms with Gasteiger partial charge >= 0.3 is 6.09 Å². The number of carbonyl (C=O) groups is 1. The van der Waals surface area contributed by atoms with Gasteiger partial charge < -0.3 is 9.64 Å². The summed E-state index contributed by atoms with van der Waals surface area (Å²) < 4.78 is 8.28. The summed E-state index contributed by atoms with van der Waals surface area (Å²) in [5.41, 5.74) is 2.46. The Morgan fingerprint density at radius 1 is 0.933 bits per heavy atom. The Bertz CT molecular complexity index is 1230. The maximum Gasteiger partial charge on any atom is 0.410 e. The Kier molecular flexibility index (Phi) is 4.27. The molecule has 0 unspecified atom stereocenters. The van der Waals surface area contributed by atoms with E-state index in [0.29, 0.717) is 24.4 Å². The zero-order chi connectivity index (χ0) is 20.1. The van der Waals surface area contributed by atoms with E-state index in [4.69, 9.17) is 4.74 Å². The van der Waals surface area contributed by atoms with E-state index in [1.165, 1.54) is 32.2 Å². The van der Waals surface area contributed by atoms with Crippen LogP contribution in [0.1, 0.15) is 23.5 Å². The Morgan fingerprint density at radius 2 is 1.73 bits per heavy atom. The highest BCUT2D eigenvalue weighted by Gasteiger charge is 2.49. The summed E-state index contributed by atoms with van der Waals surface area (Å²) in [5, 5.41) is 2.71. The van der Waals surface area contributed by atoms with Crippen molar-refractivity contribution in [2.45, 2.75) is 18.9 Å². The lowest BCUT2D eigenvalue weighted by Gasteiger charge is -2.39. The van der Waals surface area contributed by atoms with E-state index in [2.05, 4.69) is 42.5 Å². The quantitative estimate of drug-likeness (QED) is 0.387. The van der Waals surface area contributed by atoms with Gasteiger partial charge in [0, 0.05) is 33.3 Å². The molecule has 1 saturated carbocycles. The van der Waals surface area contributed by atoms with Crippen LogP contribution in [-0.2, 0) is 11.3 Å². The van der Waals surface area contributed by atoms with E-state index in [1.54, 1.807) is 0 Å². The number of rotatable bonds is 3. The molecular weight excluding hydrogens is 390 g/mol. The zero-order valence-corrected chi connectivity index (χ0v) is 17.5. The molecule has 1 aliphatic carbocycles. The first-order valence-electron chi connectivity index (χ1n) is 10.6. The van der Waals surface area contributed by atoms with Crippen molar-refractivity contribution < 1.29 is 9.53 Å². The largest absolute Gasteiger partial charge is 0.445 e. The van der Waals surface area contributed by atoms with Crippen LogP contribution in [0.25, 0.3) is 20.2 Å². The highest BCUT2D eigenvalue weighted by atomic mass is 32.1. The predicted molar refractivity (Wildman–Crippen MR) is 122 cm³/mol. The maximum absolute atomic E-state index is 12.6. The molecule has 3 aromatic carbocycles. The van der Waals surface area contributed by atoms with Crippen LogP contribution in [0.3, 0.4) is 0 Å². The Hall–Kier alpha value is -2.85. The van der Waals surface area contributed by atoms with Gasteiger partial charge in [-0.1, -0.05) is 60.7 Å². The lowest BCUT2D eigenvalue weighted by molar-refractivity contribution is 0.103. The van der Waals surface area contributed by atoms with Crippen LogP contribution in [0.15, 0.2) is 72.8 Å². The van der Waals surface area contributed by atoms with E-state index in [9.17, 15) is 4.79 Å². The number of likely N-dealkylation sites (tertiary alicyclic amines) is 1. The van der Waals surface area contributed by atoms with E-state index >= 15 is 0 Å². The summed E-state index contributed by atoms with van der Waals surface area (Å²) in [7, 11) is 0. The first-order chi connectivity index (χ1) is 14.8. The zero-order valence-electron chi connectivity index (χ0n) is 16.7. The van der Waals surface area contributed by atoms with Crippen molar-refractivity contribution >= 4 is 37.6 Å². The lowest BCUT2D eigenvalue weighted by atomic mass is 9.64. The molecule has 1 aliphatic heterocycles. The van der Waals surface area contributed by atoms with Crippen molar-refractivity contribution in [3.8, 4) is 0 Å². The highest BCUT2D eigenvalue weighted by Crippen LogP contribution is 2.52. The van der Waals surface area contributed by atoms with Crippen LogP contribution >= 0.6 is 11.3 Å². The third-order valence-corrected chi connectivity index (χ3v) is 7.99. The number of carbonyl (C=O) groups excluding carboxylic acids is 1. The molecule has 1 saturated heterocycles. The van der Waals surface area contributed by atoms with Gasteiger partial charge in [0.1, 0.15) is 6.61 Å². The topological polar surface area (TPSA) is 29.5 Å². The number of hydrogen-bond acceptors (Lipinski definition) is 3. The molecule has 4 aromatic rings. The third-order valence-electron chi connectivity index (χ3n) is 6.86. The fourth-order valence-electron chi connectivity index (χ4n) is 5.22. The smallest absolute Gasteiger partial charge is 0.410 e. The molecule has 2 aliphatic rings. The van der Waals surface area contributed by atoms with E-state index in [-0.39, 0.29) is 6.09 Å². The molecule has 6 rings (SSSR count). The van der Waals surface area contributed by atoms with E-state index in [1.807, 2.05) is 46.6 Å². The van der Waals surface area contributed by atoms with Crippen LogP contribution in [0, 0.1) is 11.8 Å². The minimum Gasteiger partial charge on any atom is -0.445 e. The number of nitrogens with zero attached hydrogens (tertiary/aromatic N) is 1. The number of ether oxygens (including phenoxy) is 1. The predicted octanol–water partition coefficient (Wildman–Crippen LogP) is 6.43. The van der Waals surface area contributed by atoms with Gasteiger partial charge in [0.25, 0.3) is 0 Å². The molecule has 0 bridgehead atoms. The first-order valence-corrected chi connectivity index (χ1v) is 11.4. The fourth-order valence-corrected chi connectivity index (χ4v) is 6.38. The van der Waals surface area contributed by atoms with Crippen molar-refractivity contribution in [3.63, 3.8) is 0 Å². The molecule has 1 amide bonds. The molecule has 3 atom stereocenters. The van der Waals surface area contributed by atoms with Crippen LogP contribution in [0.4, 0.5) is 4.79 Å². The lowest BCUT2D eigenvalue weighted by Crippen LogP contribution is -2.33. The SMILES string of the molecule is O=C(OCc1ccccc1)N1C[C@H]2C[C@H](c3ccc4c(c3)sc3ccccc34)[C@H]2C1. The van der Waals surface area contributed by atoms with Crippen LogP contribution in [0.2, 0.25) is 0 Å². The highest BCUT2D eigenvalue weighted by molar-refractivity contribution is 7.25. The maximum atomic E-state index is 12.6. The third kappa shape index (κ3) is 2.98. The number of hydrogen-bond donors (Lipinski definition) is 0. The molecule has 2 heterocycles. The summed E-state index contributed by atoms with van der Waals surface area (Å²) >= 11 is 1.88. The van der Waals surface area contributed by atoms with E-state index in [0.717, 1.165) is 18.7 Å². The Morgan fingerprint density at radius 3 is 2.63 bits per heavy atom. The number of thiophene rings is 1. The fraction of sp³-hybridized carbons (Fsp3) is 0.269. The molecule has 1 aromatic heterocycles. The normalized spacial score (nSPS) is 22.8. The second kappa shape index (κ2) is 7.13. The minimum absolute atomic E-state index is 0.174. The van der Waals surface area contributed by atoms with Crippen LogP contribution in [0.5, 0.6) is 0 Å². The number of amides is 1. The van der Waals surface area contributed by atoms with Crippen molar-refractivity contribution in [3.05, 3.63) is 83.9 Å².